The molecule has 0 saturated heterocycles. The molecule has 1 heterocycles. The van der Waals surface area contributed by atoms with Gasteiger partial charge >= 0.3 is 0 Å². The predicted octanol–water partition coefficient (Wildman–Crippen LogP) is 2.47. The molecular formula is C17H15NO4. The number of aldehydes is 1. The standard InChI is InChI=1S/C17H15NO4/c19-11-13-5-7-15(8-6-13)21-10-9-18-17(20)16-4-2-1-3-14(16)12-22-18/h1-8,11H,9-10,12H2. The van der Waals surface area contributed by atoms with Gasteiger partial charge in [0, 0.05) is 11.1 Å². The van der Waals surface area contributed by atoms with Gasteiger partial charge in [-0.2, -0.15) is 0 Å². The zero-order chi connectivity index (χ0) is 15.4. The number of fused-ring (bicyclic) bond motifs is 1. The lowest BCUT2D eigenvalue weighted by Gasteiger charge is -2.27. The van der Waals surface area contributed by atoms with Crippen LogP contribution >= 0.6 is 0 Å². The molecule has 0 aliphatic carbocycles. The average molecular weight is 297 g/mol. The van der Waals surface area contributed by atoms with Gasteiger partial charge in [0.25, 0.3) is 5.91 Å². The van der Waals surface area contributed by atoms with Gasteiger partial charge in [-0.3, -0.25) is 14.4 Å². The summed E-state index contributed by atoms with van der Waals surface area (Å²) in [6.45, 7) is 1.03. The van der Waals surface area contributed by atoms with Crippen molar-refractivity contribution in [2.24, 2.45) is 0 Å². The summed E-state index contributed by atoms with van der Waals surface area (Å²) in [4.78, 5) is 28.3. The number of hydrogen-bond donors (Lipinski definition) is 0. The van der Waals surface area contributed by atoms with Crippen LogP contribution < -0.4 is 4.74 Å². The van der Waals surface area contributed by atoms with Gasteiger partial charge in [-0.05, 0) is 35.9 Å². The Labute approximate surface area is 128 Å². The highest BCUT2D eigenvalue weighted by molar-refractivity contribution is 5.95. The highest BCUT2D eigenvalue weighted by Crippen LogP contribution is 2.19. The Morgan fingerprint density at radius 3 is 2.68 bits per heavy atom. The number of nitrogens with zero attached hydrogens (tertiary/aromatic N) is 1. The first-order chi connectivity index (χ1) is 10.8. The van der Waals surface area contributed by atoms with Crippen LogP contribution in [0, 0.1) is 0 Å². The Balaban J connectivity index is 1.56. The van der Waals surface area contributed by atoms with Crippen LogP contribution in [0.15, 0.2) is 48.5 Å². The molecule has 0 unspecified atom stereocenters. The first-order valence-corrected chi connectivity index (χ1v) is 6.98. The van der Waals surface area contributed by atoms with E-state index in [1.54, 1.807) is 30.3 Å². The van der Waals surface area contributed by atoms with Gasteiger partial charge in [-0.25, -0.2) is 5.06 Å². The molecule has 22 heavy (non-hydrogen) atoms. The molecule has 0 N–H and O–H groups in total. The van der Waals surface area contributed by atoms with Gasteiger partial charge in [0.05, 0.1) is 6.54 Å². The zero-order valence-corrected chi connectivity index (χ0v) is 11.9. The number of benzene rings is 2. The molecule has 5 nitrogen and oxygen atoms in total. The van der Waals surface area contributed by atoms with Crippen molar-refractivity contribution in [1.82, 2.24) is 5.06 Å². The van der Waals surface area contributed by atoms with E-state index < -0.39 is 0 Å². The molecule has 0 radical (unpaired) electrons. The Kier molecular flexibility index (Phi) is 4.16. The molecule has 2 aromatic rings. The summed E-state index contributed by atoms with van der Waals surface area (Å²) in [5.74, 6) is 0.497. The minimum absolute atomic E-state index is 0.151. The van der Waals surface area contributed by atoms with Crippen molar-refractivity contribution in [1.29, 1.82) is 0 Å². The van der Waals surface area contributed by atoms with Crippen LogP contribution in [0.25, 0.3) is 0 Å². The molecule has 0 spiro atoms. The van der Waals surface area contributed by atoms with E-state index in [1.165, 1.54) is 5.06 Å². The van der Waals surface area contributed by atoms with E-state index in [4.69, 9.17) is 9.57 Å². The van der Waals surface area contributed by atoms with Crippen LogP contribution in [0.4, 0.5) is 0 Å². The third-order valence-corrected chi connectivity index (χ3v) is 3.43. The topological polar surface area (TPSA) is 55.8 Å². The summed E-state index contributed by atoms with van der Waals surface area (Å²) < 4.78 is 5.55. The third kappa shape index (κ3) is 2.99. The molecule has 3 rings (SSSR count). The fourth-order valence-electron chi connectivity index (χ4n) is 2.25. The summed E-state index contributed by atoms with van der Waals surface area (Å²) in [7, 11) is 0. The largest absolute Gasteiger partial charge is 0.492 e. The van der Waals surface area contributed by atoms with Crippen molar-refractivity contribution >= 4 is 12.2 Å². The Hall–Kier alpha value is -2.66. The van der Waals surface area contributed by atoms with Gasteiger partial charge in [0.2, 0.25) is 0 Å². The lowest BCUT2D eigenvalue weighted by atomic mass is 10.1. The van der Waals surface area contributed by atoms with Crippen LogP contribution in [0.2, 0.25) is 0 Å². The van der Waals surface area contributed by atoms with Crippen molar-refractivity contribution in [3.63, 3.8) is 0 Å². The number of hydroxylamine groups is 2. The number of amides is 1. The fraction of sp³-hybridized carbons (Fsp3) is 0.176. The molecule has 0 bridgehead atoms. The zero-order valence-electron chi connectivity index (χ0n) is 11.9. The van der Waals surface area contributed by atoms with Crippen LogP contribution in [-0.2, 0) is 11.4 Å². The highest BCUT2D eigenvalue weighted by atomic mass is 16.7. The maximum absolute atomic E-state index is 12.2. The second kappa shape index (κ2) is 6.41. The van der Waals surface area contributed by atoms with Crippen molar-refractivity contribution in [2.45, 2.75) is 6.61 Å². The van der Waals surface area contributed by atoms with Gasteiger partial charge in [0.15, 0.2) is 0 Å². The van der Waals surface area contributed by atoms with E-state index in [1.807, 2.05) is 18.2 Å². The fourth-order valence-corrected chi connectivity index (χ4v) is 2.25. The lowest BCUT2D eigenvalue weighted by Crippen LogP contribution is -2.38. The molecule has 2 aromatic carbocycles. The van der Waals surface area contributed by atoms with Gasteiger partial charge < -0.3 is 4.74 Å². The molecule has 1 amide bonds. The molecule has 112 valence electrons. The number of carbonyl (C=O) groups is 2. The van der Waals surface area contributed by atoms with Gasteiger partial charge in [0.1, 0.15) is 25.2 Å². The molecule has 0 atom stereocenters. The Morgan fingerprint density at radius 2 is 1.91 bits per heavy atom. The first-order valence-electron chi connectivity index (χ1n) is 6.98. The molecular weight excluding hydrogens is 282 g/mol. The van der Waals surface area contributed by atoms with E-state index in [0.717, 1.165) is 11.8 Å². The molecule has 5 heteroatoms. The summed E-state index contributed by atoms with van der Waals surface area (Å²) in [6.07, 6.45) is 0.779. The molecule has 1 aliphatic rings. The van der Waals surface area contributed by atoms with Crippen LogP contribution in [0.3, 0.4) is 0 Å². The van der Waals surface area contributed by atoms with Crippen LogP contribution in [0.5, 0.6) is 5.75 Å². The van der Waals surface area contributed by atoms with Crippen molar-refractivity contribution in [2.75, 3.05) is 13.2 Å². The monoisotopic (exact) mass is 297 g/mol. The second-order valence-corrected chi connectivity index (χ2v) is 4.87. The number of ether oxygens (including phenoxy) is 1. The minimum Gasteiger partial charge on any atom is -0.492 e. The normalized spacial score (nSPS) is 13.6. The van der Waals surface area contributed by atoms with E-state index in [9.17, 15) is 9.59 Å². The van der Waals surface area contributed by atoms with Crippen molar-refractivity contribution < 1.29 is 19.2 Å². The first kappa shape index (κ1) is 14.3. The highest BCUT2D eigenvalue weighted by Gasteiger charge is 2.24. The third-order valence-electron chi connectivity index (χ3n) is 3.43. The quantitative estimate of drug-likeness (QED) is 0.796. The smallest absolute Gasteiger partial charge is 0.277 e. The Bertz CT molecular complexity index is 681. The predicted molar refractivity (Wildman–Crippen MR) is 79.6 cm³/mol. The summed E-state index contributed by atoms with van der Waals surface area (Å²) in [6, 6.07) is 14.2. The van der Waals surface area contributed by atoms with Gasteiger partial charge in [-0.15, -0.1) is 0 Å². The summed E-state index contributed by atoms with van der Waals surface area (Å²) in [5.41, 5.74) is 2.16. The molecule has 0 fully saturated rings. The number of hydrogen-bond acceptors (Lipinski definition) is 4. The number of carbonyl (C=O) groups excluding carboxylic acids is 2. The van der Waals surface area contributed by atoms with Crippen molar-refractivity contribution in [3.8, 4) is 5.75 Å². The van der Waals surface area contributed by atoms with Crippen LogP contribution in [-0.4, -0.2) is 30.4 Å². The minimum atomic E-state index is -0.151. The lowest BCUT2D eigenvalue weighted by molar-refractivity contribution is -0.143. The van der Waals surface area contributed by atoms with E-state index in [-0.39, 0.29) is 5.91 Å². The maximum Gasteiger partial charge on any atom is 0.277 e. The average Bonchev–Trinajstić information content (AvgIpc) is 2.58. The maximum atomic E-state index is 12.2. The molecule has 1 aliphatic heterocycles. The van der Waals surface area contributed by atoms with Crippen LogP contribution in [0.1, 0.15) is 26.3 Å². The van der Waals surface area contributed by atoms with Gasteiger partial charge in [-0.1, -0.05) is 18.2 Å². The summed E-state index contributed by atoms with van der Waals surface area (Å²) >= 11 is 0. The number of rotatable bonds is 5. The second-order valence-electron chi connectivity index (χ2n) is 4.87. The SMILES string of the molecule is O=Cc1ccc(OCCN2OCc3ccccc3C2=O)cc1. The van der Waals surface area contributed by atoms with E-state index >= 15 is 0 Å². The Morgan fingerprint density at radius 1 is 1.14 bits per heavy atom. The summed E-state index contributed by atoms with van der Waals surface area (Å²) in [5, 5.41) is 1.32. The molecule has 0 aromatic heterocycles. The van der Waals surface area contributed by atoms with Crippen molar-refractivity contribution in [3.05, 3.63) is 65.2 Å². The van der Waals surface area contributed by atoms with E-state index in [2.05, 4.69) is 0 Å². The molecule has 0 saturated carbocycles. The van der Waals surface area contributed by atoms with E-state index in [0.29, 0.717) is 36.6 Å².